The van der Waals surface area contributed by atoms with E-state index >= 15 is 0 Å². The summed E-state index contributed by atoms with van der Waals surface area (Å²) in [7, 11) is 2.03. The van der Waals surface area contributed by atoms with E-state index in [2.05, 4.69) is 32.8 Å². The average Bonchev–Trinajstić information content (AvgIpc) is 3.10. The lowest BCUT2D eigenvalue weighted by atomic mass is 10.2. The number of thiophene rings is 1. The molecule has 0 unspecified atom stereocenters. The summed E-state index contributed by atoms with van der Waals surface area (Å²) < 4.78 is 6.86. The van der Waals surface area contributed by atoms with E-state index in [1.165, 1.54) is 11.3 Å². The van der Waals surface area contributed by atoms with E-state index in [-0.39, 0.29) is 11.7 Å². The maximum absolute atomic E-state index is 12.1. The SMILES string of the molecule is CCN1C[C@@H](CN(C)Cc2nc3ccsc3c(=O)[nH]2)Oc2ccccc21. The highest BCUT2D eigenvalue weighted by Crippen LogP contribution is 2.32. The number of aromatic amines is 1. The predicted molar refractivity (Wildman–Crippen MR) is 105 cm³/mol. The zero-order valence-corrected chi connectivity index (χ0v) is 15.8. The summed E-state index contributed by atoms with van der Waals surface area (Å²) in [5.41, 5.74) is 1.86. The Kier molecular flexibility index (Phi) is 4.65. The average molecular weight is 370 g/mol. The number of benzene rings is 1. The van der Waals surface area contributed by atoms with Gasteiger partial charge in [-0.1, -0.05) is 12.1 Å². The van der Waals surface area contributed by atoms with Gasteiger partial charge < -0.3 is 14.6 Å². The first-order valence-corrected chi connectivity index (χ1v) is 9.67. The van der Waals surface area contributed by atoms with Crippen LogP contribution in [-0.4, -0.2) is 47.7 Å². The van der Waals surface area contributed by atoms with E-state index in [1.54, 1.807) is 0 Å². The normalized spacial score (nSPS) is 16.7. The molecule has 1 aliphatic heterocycles. The summed E-state index contributed by atoms with van der Waals surface area (Å²) in [6, 6.07) is 10.1. The third kappa shape index (κ3) is 3.32. The number of H-pyrrole nitrogens is 1. The molecule has 0 saturated carbocycles. The van der Waals surface area contributed by atoms with Crippen molar-refractivity contribution in [3.8, 4) is 5.75 Å². The Labute approximate surface area is 156 Å². The van der Waals surface area contributed by atoms with Crippen LogP contribution < -0.4 is 15.2 Å². The van der Waals surface area contributed by atoms with Crippen LogP contribution >= 0.6 is 11.3 Å². The smallest absolute Gasteiger partial charge is 0.268 e. The second-order valence-electron chi connectivity index (χ2n) is 6.59. The van der Waals surface area contributed by atoms with Crippen LogP contribution in [0.2, 0.25) is 0 Å². The first-order valence-electron chi connectivity index (χ1n) is 8.79. The predicted octanol–water partition coefficient (Wildman–Crippen LogP) is 2.70. The minimum absolute atomic E-state index is 0.0617. The van der Waals surface area contributed by atoms with Crippen LogP contribution in [0.5, 0.6) is 5.75 Å². The van der Waals surface area contributed by atoms with Crippen LogP contribution in [-0.2, 0) is 6.54 Å². The van der Waals surface area contributed by atoms with Gasteiger partial charge in [-0.2, -0.15) is 0 Å². The summed E-state index contributed by atoms with van der Waals surface area (Å²) in [4.78, 5) is 24.0. The Morgan fingerprint density at radius 2 is 2.23 bits per heavy atom. The van der Waals surface area contributed by atoms with Crippen molar-refractivity contribution >= 4 is 27.2 Å². The largest absolute Gasteiger partial charge is 0.485 e. The van der Waals surface area contributed by atoms with Gasteiger partial charge in [-0.15, -0.1) is 11.3 Å². The van der Waals surface area contributed by atoms with Crippen molar-refractivity contribution in [2.45, 2.75) is 19.6 Å². The van der Waals surface area contributed by atoms with E-state index < -0.39 is 0 Å². The highest BCUT2D eigenvalue weighted by atomic mass is 32.1. The van der Waals surface area contributed by atoms with Crippen LogP contribution in [0.3, 0.4) is 0 Å². The van der Waals surface area contributed by atoms with Gasteiger partial charge in [0.15, 0.2) is 0 Å². The van der Waals surface area contributed by atoms with Gasteiger partial charge in [-0.3, -0.25) is 9.69 Å². The van der Waals surface area contributed by atoms with Crippen molar-refractivity contribution in [2.75, 3.05) is 31.6 Å². The number of aromatic nitrogens is 2. The van der Waals surface area contributed by atoms with Crippen molar-refractivity contribution in [2.24, 2.45) is 0 Å². The molecule has 6 nitrogen and oxygen atoms in total. The Morgan fingerprint density at radius 3 is 3.08 bits per heavy atom. The van der Waals surface area contributed by atoms with Crippen LogP contribution in [0, 0.1) is 0 Å². The number of hydrogen-bond acceptors (Lipinski definition) is 6. The number of anilines is 1. The van der Waals surface area contributed by atoms with Crippen LogP contribution in [0.4, 0.5) is 5.69 Å². The van der Waals surface area contributed by atoms with E-state index in [4.69, 9.17) is 4.74 Å². The number of hydrogen-bond donors (Lipinski definition) is 1. The molecule has 26 heavy (non-hydrogen) atoms. The fourth-order valence-electron chi connectivity index (χ4n) is 3.44. The third-order valence-corrected chi connectivity index (χ3v) is 5.51. The molecule has 0 spiro atoms. The van der Waals surface area contributed by atoms with Gasteiger partial charge in [0.1, 0.15) is 22.4 Å². The Bertz CT molecular complexity index is 967. The maximum Gasteiger partial charge on any atom is 0.268 e. The number of fused-ring (bicyclic) bond motifs is 2. The number of rotatable bonds is 5. The molecule has 0 bridgehead atoms. The van der Waals surface area contributed by atoms with E-state index in [0.29, 0.717) is 17.1 Å². The summed E-state index contributed by atoms with van der Waals surface area (Å²) >= 11 is 1.42. The van der Waals surface area contributed by atoms with Gasteiger partial charge in [-0.25, -0.2) is 4.98 Å². The van der Waals surface area contributed by atoms with Gasteiger partial charge in [0.25, 0.3) is 5.56 Å². The number of nitrogens with one attached hydrogen (secondary N) is 1. The minimum Gasteiger partial charge on any atom is -0.485 e. The highest BCUT2D eigenvalue weighted by molar-refractivity contribution is 7.17. The molecular weight excluding hydrogens is 348 g/mol. The van der Waals surface area contributed by atoms with Gasteiger partial charge >= 0.3 is 0 Å². The summed E-state index contributed by atoms with van der Waals surface area (Å²) in [6.07, 6.45) is 0.0754. The second kappa shape index (κ2) is 7.09. The fourth-order valence-corrected chi connectivity index (χ4v) is 4.16. The molecule has 1 aromatic carbocycles. The molecule has 0 fully saturated rings. The summed E-state index contributed by atoms with van der Waals surface area (Å²) in [6.45, 7) is 5.30. The first-order chi connectivity index (χ1) is 12.6. The van der Waals surface area contributed by atoms with Crippen molar-refractivity contribution < 1.29 is 4.74 Å². The number of likely N-dealkylation sites (N-methyl/N-ethyl adjacent to an activating group) is 2. The van der Waals surface area contributed by atoms with Gasteiger partial charge in [0, 0.05) is 13.1 Å². The quantitative estimate of drug-likeness (QED) is 0.748. The molecule has 1 atom stereocenters. The lowest BCUT2D eigenvalue weighted by Gasteiger charge is -2.37. The van der Waals surface area contributed by atoms with Crippen molar-refractivity contribution in [3.05, 3.63) is 51.9 Å². The number of nitrogens with zero attached hydrogens (tertiary/aromatic N) is 3. The molecule has 0 amide bonds. The standard InChI is InChI=1S/C19H22N4O2S/c1-3-23-11-13(25-16-7-5-4-6-15(16)23)10-22(2)12-17-20-14-8-9-26-18(14)19(24)21-17/h4-9,13H,3,10-12H2,1-2H3,(H,20,21,24)/t13-/m1/s1. The Hall–Kier alpha value is -2.38. The lowest BCUT2D eigenvalue weighted by Crippen LogP contribution is -2.45. The van der Waals surface area contributed by atoms with Crippen LogP contribution in [0.15, 0.2) is 40.5 Å². The summed E-state index contributed by atoms with van der Waals surface area (Å²) in [5.74, 6) is 1.62. The number of para-hydroxylation sites is 2. The molecule has 2 aromatic heterocycles. The third-order valence-electron chi connectivity index (χ3n) is 4.60. The van der Waals surface area contributed by atoms with Crippen molar-refractivity contribution in [1.82, 2.24) is 14.9 Å². The topological polar surface area (TPSA) is 61.5 Å². The van der Waals surface area contributed by atoms with Gasteiger partial charge in [0.05, 0.1) is 24.3 Å². The lowest BCUT2D eigenvalue weighted by molar-refractivity contribution is 0.138. The van der Waals surface area contributed by atoms with Crippen LogP contribution in [0.25, 0.3) is 10.2 Å². The van der Waals surface area contributed by atoms with Crippen LogP contribution in [0.1, 0.15) is 12.7 Å². The Morgan fingerprint density at radius 1 is 1.38 bits per heavy atom. The number of ether oxygens (including phenoxy) is 1. The molecule has 1 N–H and O–H groups in total. The molecule has 0 aliphatic carbocycles. The zero-order chi connectivity index (χ0) is 18.1. The molecule has 0 radical (unpaired) electrons. The molecule has 4 rings (SSSR count). The first kappa shape index (κ1) is 17.1. The summed E-state index contributed by atoms with van der Waals surface area (Å²) in [5, 5.41) is 1.90. The van der Waals surface area contributed by atoms with Crippen molar-refractivity contribution in [1.29, 1.82) is 0 Å². The molecule has 3 aromatic rings. The molecule has 136 valence electrons. The minimum atomic E-state index is -0.0617. The molecular formula is C19H22N4O2S. The highest BCUT2D eigenvalue weighted by Gasteiger charge is 2.25. The second-order valence-corrected chi connectivity index (χ2v) is 7.51. The van der Waals surface area contributed by atoms with E-state index in [9.17, 15) is 4.79 Å². The van der Waals surface area contributed by atoms with Gasteiger partial charge in [0.2, 0.25) is 0 Å². The zero-order valence-electron chi connectivity index (χ0n) is 14.9. The molecule has 7 heteroatoms. The van der Waals surface area contributed by atoms with Crippen molar-refractivity contribution in [3.63, 3.8) is 0 Å². The van der Waals surface area contributed by atoms with E-state index in [1.807, 2.05) is 36.7 Å². The molecule has 3 heterocycles. The fraction of sp³-hybridized carbons (Fsp3) is 0.368. The Balaban J connectivity index is 1.46. The van der Waals surface area contributed by atoms with E-state index in [0.717, 1.165) is 36.6 Å². The van der Waals surface area contributed by atoms with Gasteiger partial charge in [-0.05, 0) is 37.6 Å². The monoisotopic (exact) mass is 370 g/mol. The maximum atomic E-state index is 12.1. The molecule has 1 aliphatic rings. The molecule has 0 saturated heterocycles.